The van der Waals surface area contributed by atoms with E-state index in [-0.39, 0.29) is 16.5 Å². The van der Waals surface area contributed by atoms with Gasteiger partial charge in [-0.25, -0.2) is 17.6 Å². The molecule has 0 amide bonds. The van der Waals surface area contributed by atoms with Crippen molar-refractivity contribution in [1.29, 1.82) is 0 Å². The van der Waals surface area contributed by atoms with Gasteiger partial charge in [-0.1, -0.05) is 135 Å². The minimum Gasteiger partial charge on any atom is -0.203 e. The van der Waals surface area contributed by atoms with Crippen LogP contribution in [0.3, 0.4) is 0 Å². The van der Waals surface area contributed by atoms with Gasteiger partial charge in [-0.3, -0.25) is 0 Å². The molecule has 0 aliphatic heterocycles. The molecule has 0 bridgehead atoms. The molecule has 0 aromatic heterocycles. The fourth-order valence-electron chi connectivity index (χ4n) is 8.36. The maximum atomic E-state index is 16.9. The predicted molar refractivity (Wildman–Crippen MR) is 199 cm³/mol. The first kappa shape index (κ1) is 34.3. The normalized spacial score (nSPS) is 15.5. The van der Waals surface area contributed by atoms with Gasteiger partial charge in [-0.15, -0.1) is 0 Å². The van der Waals surface area contributed by atoms with Crippen LogP contribution in [0.4, 0.5) is 17.6 Å². The summed E-state index contributed by atoms with van der Waals surface area (Å²) in [6.45, 7) is 24.7. The number of benzene rings is 5. The third kappa shape index (κ3) is 4.77. The predicted octanol–water partition coefficient (Wildman–Crippen LogP) is 13.4. The van der Waals surface area contributed by atoms with E-state index in [1.54, 1.807) is 12.1 Å². The lowest BCUT2D eigenvalue weighted by molar-refractivity contribution is 0.463. The van der Waals surface area contributed by atoms with Gasteiger partial charge in [-0.05, 0) is 97.5 Å². The van der Waals surface area contributed by atoms with Gasteiger partial charge in [0.05, 0.1) is 11.1 Å². The molecule has 0 saturated carbocycles. The molecule has 5 aromatic rings. The van der Waals surface area contributed by atoms with Crippen LogP contribution in [0.1, 0.15) is 114 Å². The Balaban J connectivity index is 1.55. The lowest BCUT2D eigenvalue weighted by Crippen LogP contribution is -2.19. The Morgan fingerprint density at radius 2 is 0.800 bits per heavy atom. The van der Waals surface area contributed by atoms with Crippen LogP contribution in [0.25, 0.3) is 44.5 Å². The molecule has 0 fully saturated rings. The summed E-state index contributed by atoms with van der Waals surface area (Å²) in [7, 11) is 0. The Bertz CT molecular complexity index is 2260. The summed E-state index contributed by atoms with van der Waals surface area (Å²) < 4.78 is 67.6. The SMILES string of the molecule is Cc1ccc2c(c1)C(C)(C)c1cc(C)cc(-c3c(F)c(F)c(-c4cc(C(C)(C)C)cc5c4-c4ccc(C(C)(C)C)cc4C5(C)C)c(F)c3F)c1-2. The first-order valence-corrected chi connectivity index (χ1v) is 17.5. The largest absolute Gasteiger partial charge is 0.203 e. The minimum absolute atomic E-state index is 0.121. The van der Waals surface area contributed by atoms with Crippen molar-refractivity contribution in [3.63, 3.8) is 0 Å². The second kappa shape index (κ2) is 10.7. The van der Waals surface area contributed by atoms with Gasteiger partial charge in [0.15, 0.2) is 23.3 Å². The Hall–Kier alpha value is -4.18. The topological polar surface area (TPSA) is 0 Å². The van der Waals surface area contributed by atoms with E-state index in [9.17, 15) is 0 Å². The van der Waals surface area contributed by atoms with E-state index in [0.717, 1.165) is 55.6 Å². The van der Waals surface area contributed by atoms with Crippen molar-refractivity contribution in [2.45, 2.75) is 105 Å². The summed E-state index contributed by atoms with van der Waals surface area (Å²) in [6.07, 6.45) is 0. The van der Waals surface area contributed by atoms with Gasteiger partial charge in [-0.2, -0.15) is 0 Å². The van der Waals surface area contributed by atoms with E-state index in [1.807, 2.05) is 65.0 Å². The van der Waals surface area contributed by atoms with Gasteiger partial charge in [0.25, 0.3) is 0 Å². The van der Waals surface area contributed by atoms with Gasteiger partial charge in [0, 0.05) is 10.8 Å². The third-order valence-corrected chi connectivity index (χ3v) is 11.4. The maximum absolute atomic E-state index is 16.9. The molecule has 0 heterocycles. The molecule has 7 rings (SSSR count). The summed E-state index contributed by atoms with van der Waals surface area (Å²) in [5, 5.41) is 0. The van der Waals surface area contributed by atoms with Crippen LogP contribution >= 0.6 is 0 Å². The Morgan fingerprint density at radius 1 is 0.400 bits per heavy atom. The molecule has 258 valence electrons. The number of rotatable bonds is 2. The second-order valence-electron chi connectivity index (χ2n) is 17.7. The average molecular weight is 675 g/mol. The van der Waals surface area contributed by atoms with E-state index < -0.39 is 50.6 Å². The molecule has 50 heavy (non-hydrogen) atoms. The van der Waals surface area contributed by atoms with Crippen LogP contribution < -0.4 is 0 Å². The zero-order valence-electron chi connectivity index (χ0n) is 31.3. The molecule has 2 aliphatic carbocycles. The average Bonchev–Trinajstić information content (AvgIpc) is 3.38. The molecule has 0 N–H and O–H groups in total. The monoisotopic (exact) mass is 674 g/mol. The summed E-state index contributed by atoms with van der Waals surface area (Å²) >= 11 is 0. The fourth-order valence-corrected chi connectivity index (χ4v) is 8.36. The van der Waals surface area contributed by atoms with Crippen LogP contribution in [-0.2, 0) is 21.7 Å². The smallest absolute Gasteiger partial charge is 0.170 e. The van der Waals surface area contributed by atoms with Crippen molar-refractivity contribution < 1.29 is 17.6 Å². The number of fused-ring (bicyclic) bond motifs is 6. The zero-order valence-corrected chi connectivity index (χ0v) is 31.3. The van der Waals surface area contributed by atoms with Crippen molar-refractivity contribution in [3.8, 4) is 44.5 Å². The van der Waals surface area contributed by atoms with E-state index in [0.29, 0.717) is 11.1 Å². The lowest BCUT2D eigenvalue weighted by Gasteiger charge is -2.27. The van der Waals surface area contributed by atoms with Gasteiger partial charge < -0.3 is 0 Å². The van der Waals surface area contributed by atoms with Crippen molar-refractivity contribution in [1.82, 2.24) is 0 Å². The Labute approximate surface area is 294 Å². The zero-order chi connectivity index (χ0) is 36.6. The fraction of sp³-hybridized carbons (Fsp3) is 0.348. The van der Waals surface area contributed by atoms with Gasteiger partial charge in [0.1, 0.15) is 0 Å². The van der Waals surface area contributed by atoms with Crippen molar-refractivity contribution >= 4 is 0 Å². The maximum Gasteiger partial charge on any atom is 0.170 e. The number of halogens is 4. The quantitative estimate of drug-likeness (QED) is 0.129. The summed E-state index contributed by atoms with van der Waals surface area (Å²) in [6, 6.07) is 19.7. The molecule has 0 spiro atoms. The highest BCUT2D eigenvalue weighted by Gasteiger charge is 2.42. The molecule has 0 nitrogen and oxygen atoms in total. The molecule has 0 unspecified atom stereocenters. The molecule has 0 radical (unpaired) electrons. The van der Waals surface area contributed by atoms with Crippen LogP contribution in [-0.4, -0.2) is 0 Å². The summed E-state index contributed by atoms with van der Waals surface area (Å²) in [4.78, 5) is 0. The third-order valence-electron chi connectivity index (χ3n) is 11.4. The van der Waals surface area contributed by atoms with Gasteiger partial charge >= 0.3 is 0 Å². The molecular formula is C46H46F4. The Kier molecular flexibility index (Phi) is 7.31. The summed E-state index contributed by atoms with van der Waals surface area (Å²) in [5.74, 6) is -5.55. The van der Waals surface area contributed by atoms with Crippen molar-refractivity contribution in [2.75, 3.05) is 0 Å². The molecule has 0 saturated heterocycles. The van der Waals surface area contributed by atoms with Crippen LogP contribution in [0.2, 0.25) is 0 Å². The van der Waals surface area contributed by atoms with Gasteiger partial charge in [0.2, 0.25) is 0 Å². The van der Waals surface area contributed by atoms with E-state index in [4.69, 9.17) is 0 Å². The second-order valence-corrected chi connectivity index (χ2v) is 17.7. The van der Waals surface area contributed by atoms with Crippen molar-refractivity contribution in [3.05, 3.63) is 128 Å². The Morgan fingerprint density at radius 3 is 1.30 bits per heavy atom. The molecule has 0 atom stereocenters. The highest BCUT2D eigenvalue weighted by atomic mass is 19.2. The number of aryl methyl sites for hydroxylation is 2. The van der Waals surface area contributed by atoms with Crippen LogP contribution in [0.15, 0.2) is 60.7 Å². The highest BCUT2D eigenvalue weighted by molar-refractivity contribution is 5.96. The lowest BCUT2D eigenvalue weighted by atomic mass is 9.76. The van der Waals surface area contributed by atoms with E-state index in [1.165, 1.54) is 0 Å². The first-order valence-electron chi connectivity index (χ1n) is 17.5. The molecule has 4 heteroatoms. The minimum atomic E-state index is -1.39. The number of hydrogen-bond donors (Lipinski definition) is 0. The van der Waals surface area contributed by atoms with Crippen LogP contribution in [0.5, 0.6) is 0 Å². The standard InChI is InChI=1S/C46H46F4/c1-23-13-15-27-31(18-23)45(9,10)33-19-24(2)17-29(35(27)33)37-39(47)41(49)38(42(50)40(37)48)30-20-26(44(6,7)8)22-34-36(30)28-16-14-25(43(3,4)5)21-32(28)46(34,11)12/h13-22H,1-12H3. The molecule has 2 aliphatic rings. The van der Waals surface area contributed by atoms with E-state index in [2.05, 4.69) is 66.7 Å². The van der Waals surface area contributed by atoms with E-state index >= 15 is 17.6 Å². The molecule has 5 aromatic carbocycles. The number of hydrogen-bond acceptors (Lipinski definition) is 0. The van der Waals surface area contributed by atoms with Crippen LogP contribution in [0, 0.1) is 37.1 Å². The highest BCUT2D eigenvalue weighted by Crippen LogP contribution is 2.57. The molecular weight excluding hydrogens is 628 g/mol. The summed E-state index contributed by atoms with van der Waals surface area (Å²) in [5.41, 5.74) is 7.91. The first-order chi connectivity index (χ1) is 23.1. The van der Waals surface area contributed by atoms with Crippen molar-refractivity contribution in [2.24, 2.45) is 0 Å².